The number of fused-ring (bicyclic) bond motifs is 1. The number of hydrogen-bond donors (Lipinski definition) is 1. The number of rotatable bonds is 6. The Balaban J connectivity index is 1.37. The summed E-state index contributed by atoms with van der Waals surface area (Å²) in [6, 6.07) is 7.94. The first-order valence-corrected chi connectivity index (χ1v) is 7.80. The van der Waals surface area contributed by atoms with Crippen molar-refractivity contribution < 1.29 is 9.53 Å². The summed E-state index contributed by atoms with van der Waals surface area (Å²) in [7, 11) is 1.79. The van der Waals surface area contributed by atoms with Gasteiger partial charge in [0.1, 0.15) is 11.9 Å². The third-order valence-corrected chi connectivity index (χ3v) is 3.85. The van der Waals surface area contributed by atoms with Gasteiger partial charge in [-0.1, -0.05) is 23.4 Å². The third kappa shape index (κ3) is 4.00. The molecule has 2 amide bonds. The van der Waals surface area contributed by atoms with Crippen LogP contribution in [0.5, 0.6) is 5.75 Å². The van der Waals surface area contributed by atoms with E-state index >= 15 is 0 Å². The number of likely N-dealkylation sites (N-methyl/N-ethyl adjacent to an activating group) is 1. The maximum Gasteiger partial charge on any atom is 0.317 e. The van der Waals surface area contributed by atoms with Crippen LogP contribution in [0.3, 0.4) is 0 Å². The zero-order chi connectivity index (χ0) is 16.1. The quantitative estimate of drug-likeness (QED) is 0.816. The van der Waals surface area contributed by atoms with Crippen molar-refractivity contribution in [3.8, 4) is 5.75 Å². The van der Waals surface area contributed by atoms with Crippen LogP contribution in [0.15, 0.2) is 36.7 Å². The summed E-state index contributed by atoms with van der Waals surface area (Å²) in [6.45, 7) is 1.92. The van der Waals surface area contributed by atoms with Crippen LogP contribution in [0.25, 0.3) is 0 Å². The van der Waals surface area contributed by atoms with Gasteiger partial charge in [-0.2, -0.15) is 0 Å². The predicted molar refractivity (Wildman–Crippen MR) is 85.2 cm³/mol. The number of aryl methyl sites for hydroxylation is 1. The van der Waals surface area contributed by atoms with E-state index in [4.69, 9.17) is 4.74 Å². The van der Waals surface area contributed by atoms with Crippen LogP contribution >= 0.6 is 0 Å². The molecule has 1 aromatic heterocycles. The summed E-state index contributed by atoms with van der Waals surface area (Å²) in [5.74, 6) is 0.930. The number of nitrogens with zero attached hydrogens (tertiary/aromatic N) is 4. The summed E-state index contributed by atoms with van der Waals surface area (Å²) in [6.07, 6.45) is 5.14. The van der Waals surface area contributed by atoms with Crippen molar-refractivity contribution in [2.24, 2.45) is 0 Å². The second kappa shape index (κ2) is 7.13. The Bertz CT molecular complexity index is 619. The molecule has 0 unspecified atom stereocenters. The lowest BCUT2D eigenvalue weighted by Gasteiger charge is -2.21. The number of nitrogens with one attached hydrogen (secondary N) is 1. The Morgan fingerprint density at radius 2 is 2.35 bits per heavy atom. The first-order chi connectivity index (χ1) is 11.2. The van der Waals surface area contributed by atoms with Crippen LogP contribution in [-0.2, 0) is 13.0 Å². The summed E-state index contributed by atoms with van der Waals surface area (Å²) < 4.78 is 7.61. The lowest BCUT2D eigenvalue weighted by atomic mass is 10.1. The summed E-state index contributed by atoms with van der Waals surface area (Å²) in [5, 5.41) is 10.5. The lowest BCUT2D eigenvalue weighted by Crippen LogP contribution is -2.42. The van der Waals surface area contributed by atoms with Crippen molar-refractivity contribution in [1.82, 2.24) is 25.2 Å². The number of urea groups is 1. The molecular weight excluding hydrogens is 294 g/mol. The van der Waals surface area contributed by atoms with Crippen molar-refractivity contribution in [2.75, 3.05) is 20.1 Å². The monoisotopic (exact) mass is 315 g/mol. The average Bonchev–Trinajstić information content (AvgIpc) is 3.19. The van der Waals surface area contributed by atoms with Crippen LogP contribution in [0.2, 0.25) is 0 Å². The van der Waals surface area contributed by atoms with Crippen molar-refractivity contribution in [1.29, 1.82) is 0 Å². The van der Waals surface area contributed by atoms with Gasteiger partial charge < -0.3 is 15.0 Å². The highest BCUT2D eigenvalue weighted by Crippen LogP contribution is 2.28. The number of hydrogen-bond acceptors (Lipinski definition) is 4. The smallest absolute Gasteiger partial charge is 0.317 e. The molecule has 0 spiro atoms. The molecule has 0 radical (unpaired) electrons. The predicted octanol–water partition coefficient (Wildman–Crippen LogP) is 1.31. The maximum atomic E-state index is 12.1. The van der Waals surface area contributed by atoms with Crippen LogP contribution < -0.4 is 10.1 Å². The second-order valence-electron chi connectivity index (χ2n) is 5.68. The Kier molecular flexibility index (Phi) is 4.75. The standard InChI is InChI=1S/C16H21N5O2/c1-20(12-14-11-13-5-2-3-6-15(13)23-14)16(22)17-7-4-9-21-10-8-18-19-21/h2-3,5-6,8,10,14H,4,7,9,11-12H2,1H3,(H,17,22)/t14-/m0/s1. The minimum absolute atomic E-state index is 0.0262. The van der Waals surface area contributed by atoms with Crippen molar-refractivity contribution >= 4 is 6.03 Å². The molecule has 0 bridgehead atoms. The van der Waals surface area contributed by atoms with Gasteiger partial charge in [-0.25, -0.2) is 4.79 Å². The Hall–Kier alpha value is -2.57. The Labute approximate surface area is 135 Å². The highest BCUT2D eigenvalue weighted by Gasteiger charge is 2.24. The van der Waals surface area contributed by atoms with E-state index in [1.54, 1.807) is 22.8 Å². The fourth-order valence-corrected chi connectivity index (χ4v) is 2.67. The van der Waals surface area contributed by atoms with Gasteiger partial charge in [0.25, 0.3) is 0 Å². The highest BCUT2D eigenvalue weighted by molar-refractivity contribution is 5.73. The Morgan fingerprint density at radius 1 is 1.48 bits per heavy atom. The molecule has 0 fully saturated rings. The highest BCUT2D eigenvalue weighted by atomic mass is 16.5. The lowest BCUT2D eigenvalue weighted by molar-refractivity contribution is 0.164. The number of ether oxygens (including phenoxy) is 1. The van der Waals surface area contributed by atoms with Gasteiger partial charge >= 0.3 is 6.03 Å². The molecule has 1 aliphatic rings. The van der Waals surface area contributed by atoms with Gasteiger partial charge in [-0.15, -0.1) is 5.10 Å². The SMILES string of the molecule is CN(C[C@@H]1Cc2ccccc2O1)C(=O)NCCCn1ccnn1. The summed E-state index contributed by atoms with van der Waals surface area (Å²) >= 11 is 0. The molecule has 23 heavy (non-hydrogen) atoms. The van der Waals surface area contributed by atoms with E-state index in [1.165, 1.54) is 5.56 Å². The van der Waals surface area contributed by atoms with Crippen LogP contribution in [0.4, 0.5) is 4.79 Å². The van der Waals surface area contributed by atoms with E-state index in [1.807, 2.05) is 24.4 Å². The van der Waals surface area contributed by atoms with E-state index in [0.29, 0.717) is 13.1 Å². The van der Waals surface area contributed by atoms with Gasteiger partial charge in [0, 0.05) is 32.8 Å². The van der Waals surface area contributed by atoms with Crippen molar-refractivity contribution in [2.45, 2.75) is 25.5 Å². The van der Waals surface area contributed by atoms with Gasteiger partial charge in [0.2, 0.25) is 0 Å². The normalized spacial score (nSPS) is 15.8. The Morgan fingerprint density at radius 3 is 3.13 bits per heavy atom. The largest absolute Gasteiger partial charge is 0.488 e. The second-order valence-corrected chi connectivity index (χ2v) is 5.68. The van der Waals surface area contributed by atoms with Crippen LogP contribution in [0, 0.1) is 0 Å². The molecule has 7 nitrogen and oxygen atoms in total. The van der Waals surface area contributed by atoms with Crippen LogP contribution in [0.1, 0.15) is 12.0 Å². The van der Waals surface area contributed by atoms with Gasteiger partial charge in [0.15, 0.2) is 0 Å². The third-order valence-electron chi connectivity index (χ3n) is 3.85. The molecule has 1 aliphatic heterocycles. The molecule has 0 aliphatic carbocycles. The molecule has 122 valence electrons. The number of carbonyl (C=O) groups is 1. The van der Waals surface area contributed by atoms with Gasteiger partial charge in [0.05, 0.1) is 12.7 Å². The number of amides is 2. The molecular formula is C16H21N5O2. The molecule has 1 N–H and O–H groups in total. The number of benzene rings is 1. The molecule has 1 aromatic carbocycles. The molecule has 7 heteroatoms. The zero-order valence-electron chi connectivity index (χ0n) is 13.2. The van der Waals surface area contributed by atoms with Gasteiger partial charge in [-0.3, -0.25) is 4.68 Å². The minimum atomic E-state index is -0.0804. The molecule has 2 aromatic rings. The molecule has 0 saturated heterocycles. The minimum Gasteiger partial charge on any atom is -0.488 e. The summed E-state index contributed by atoms with van der Waals surface area (Å²) in [5.41, 5.74) is 1.21. The number of para-hydroxylation sites is 1. The van der Waals surface area contributed by atoms with Gasteiger partial charge in [-0.05, 0) is 18.1 Å². The molecule has 2 heterocycles. The number of carbonyl (C=O) groups excluding carboxylic acids is 1. The van der Waals surface area contributed by atoms with E-state index < -0.39 is 0 Å². The molecule has 0 saturated carbocycles. The van der Waals surface area contributed by atoms with E-state index in [2.05, 4.69) is 21.7 Å². The topological polar surface area (TPSA) is 72.3 Å². The summed E-state index contributed by atoms with van der Waals surface area (Å²) in [4.78, 5) is 13.8. The number of aromatic nitrogens is 3. The first kappa shape index (κ1) is 15.3. The molecule has 1 atom stereocenters. The van der Waals surface area contributed by atoms with Crippen molar-refractivity contribution in [3.05, 3.63) is 42.2 Å². The van der Waals surface area contributed by atoms with Crippen molar-refractivity contribution in [3.63, 3.8) is 0 Å². The van der Waals surface area contributed by atoms with E-state index in [9.17, 15) is 4.79 Å². The zero-order valence-corrected chi connectivity index (χ0v) is 13.2. The maximum absolute atomic E-state index is 12.1. The fourth-order valence-electron chi connectivity index (χ4n) is 2.67. The van der Waals surface area contributed by atoms with Crippen LogP contribution in [-0.4, -0.2) is 52.2 Å². The van der Waals surface area contributed by atoms with E-state index in [-0.39, 0.29) is 12.1 Å². The first-order valence-electron chi connectivity index (χ1n) is 7.80. The molecule has 3 rings (SSSR count). The average molecular weight is 315 g/mol. The fraction of sp³-hybridized carbons (Fsp3) is 0.438. The van der Waals surface area contributed by atoms with E-state index in [0.717, 1.165) is 25.1 Å².